The Balaban J connectivity index is 2.05. The normalized spacial score (nSPS) is 12.1. The van der Waals surface area contributed by atoms with Gasteiger partial charge in [-0.3, -0.25) is 13.9 Å². The number of nitrogens with one attached hydrogen (secondary N) is 1. The maximum Gasteiger partial charge on any atom is 0.264 e. The van der Waals surface area contributed by atoms with Crippen molar-refractivity contribution in [3.8, 4) is 0 Å². The van der Waals surface area contributed by atoms with Gasteiger partial charge in [0.1, 0.15) is 12.6 Å². The average Bonchev–Trinajstić information content (AvgIpc) is 2.92. The minimum absolute atomic E-state index is 0.0996. The number of anilines is 1. The standard InChI is InChI=1S/C32H41N3O4S/c1-7-8-19-33-32(37)27(6)34(21-28-12-10-9-11-25(28)4)31(36)22-35(30-20-24(3)13-16-26(30)5)40(38,39)29-17-14-23(2)15-18-29/h9-18,20,27H,7-8,19,21-22H2,1-6H3,(H,33,37)/t27-/m1/s1. The van der Waals surface area contributed by atoms with E-state index in [1.54, 1.807) is 37.3 Å². The number of hydrogen-bond acceptors (Lipinski definition) is 4. The highest BCUT2D eigenvalue weighted by Gasteiger charge is 2.33. The van der Waals surface area contributed by atoms with Crippen molar-refractivity contribution in [3.05, 3.63) is 94.5 Å². The van der Waals surface area contributed by atoms with Crippen molar-refractivity contribution < 1.29 is 18.0 Å². The second-order valence-corrected chi connectivity index (χ2v) is 12.2. The van der Waals surface area contributed by atoms with Crippen molar-refractivity contribution in [1.29, 1.82) is 0 Å². The molecule has 0 aliphatic carbocycles. The highest BCUT2D eigenvalue weighted by Crippen LogP contribution is 2.29. The summed E-state index contributed by atoms with van der Waals surface area (Å²) in [5, 5.41) is 2.92. The van der Waals surface area contributed by atoms with Crippen LogP contribution in [0.1, 0.15) is 54.5 Å². The molecule has 0 aromatic heterocycles. The molecule has 40 heavy (non-hydrogen) atoms. The molecular formula is C32H41N3O4S. The monoisotopic (exact) mass is 563 g/mol. The van der Waals surface area contributed by atoms with E-state index in [0.29, 0.717) is 12.2 Å². The minimum Gasteiger partial charge on any atom is -0.354 e. The summed E-state index contributed by atoms with van der Waals surface area (Å²) in [5.74, 6) is -0.729. The number of rotatable bonds is 12. The van der Waals surface area contributed by atoms with Crippen LogP contribution in [0.2, 0.25) is 0 Å². The van der Waals surface area contributed by atoms with Gasteiger partial charge in [0, 0.05) is 13.1 Å². The summed E-state index contributed by atoms with van der Waals surface area (Å²) in [7, 11) is -4.10. The molecule has 0 heterocycles. The van der Waals surface area contributed by atoms with Crippen LogP contribution in [0.5, 0.6) is 0 Å². The van der Waals surface area contributed by atoms with Crippen molar-refractivity contribution in [2.45, 2.75) is 71.9 Å². The molecule has 3 aromatic rings. The highest BCUT2D eigenvalue weighted by atomic mass is 32.2. The minimum atomic E-state index is -4.10. The van der Waals surface area contributed by atoms with Crippen LogP contribution in [0.15, 0.2) is 71.6 Å². The lowest BCUT2D eigenvalue weighted by molar-refractivity contribution is -0.139. The highest BCUT2D eigenvalue weighted by molar-refractivity contribution is 7.92. The van der Waals surface area contributed by atoms with E-state index in [1.165, 1.54) is 9.21 Å². The summed E-state index contributed by atoms with van der Waals surface area (Å²) in [6.07, 6.45) is 1.77. The average molecular weight is 564 g/mol. The van der Waals surface area contributed by atoms with E-state index in [1.807, 2.05) is 71.0 Å². The smallest absolute Gasteiger partial charge is 0.264 e. The molecule has 0 aliphatic rings. The number of aryl methyl sites for hydroxylation is 4. The molecule has 0 aliphatic heterocycles. The largest absolute Gasteiger partial charge is 0.354 e. The lowest BCUT2D eigenvalue weighted by Crippen LogP contribution is -2.51. The molecule has 0 saturated heterocycles. The van der Waals surface area contributed by atoms with Gasteiger partial charge in [-0.05, 0) is 81.5 Å². The molecule has 214 valence electrons. The van der Waals surface area contributed by atoms with Gasteiger partial charge >= 0.3 is 0 Å². The van der Waals surface area contributed by atoms with Crippen LogP contribution in [0.4, 0.5) is 5.69 Å². The van der Waals surface area contributed by atoms with Crippen molar-refractivity contribution in [3.63, 3.8) is 0 Å². The van der Waals surface area contributed by atoms with Crippen LogP contribution in [0, 0.1) is 27.7 Å². The van der Waals surface area contributed by atoms with E-state index < -0.39 is 28.5 Å². The molecule has 0 fully saturated rings. The second kappa shape index (κ2) is 13.6. The van der Waals surface area contributed by atoms with Crippen molar-refractivity contribution in [2.75, 3.05) is 17.4 Å². The third kappa shape index (κ3) is 7.50. The fourth-order valence-electron chi connectivity index (χ4n) is 4.43. The predicted molar refractivity (Wildman–Crippen MR) is 161 cm³/mol. The van der Waals surface area contributed by atoms with E-state index in [9.17, 15) is 18.0 Å². The Morgan fingerprint density at radius 2 is 1.52 bits per heavy atom. The number of sulfonamides is 1. The first-order valence-electron chi connectivity index (χ1n) is 13.7. The number of benzene rings is 3. The van der Waals surface area contributed by atoms with Crippen molar-refractivity contribution >= 4 is 27.5 Å². The zero-order valence-corrected chi connectivity index (χ0v) is 25.2. The molecule has 8 heteroatoms. The maximum absolute atomic E-state index is 14.1. The lowest BCUT2D eigenvalue weighted by Gasteiger charge is -2.33. The summed E-state index contributed by atoms with van der Waals surface area (Å²) in [4.78, 5) is 28.8. The fraction of sp³-hybridized carbons (Fsp3) is 0.375. The van der Waals surface area contributed by atoms with Gasteiger partial charge in [-0.25, -0.2) is 8.42 Å². The molecule has 2 amide bonds. The third-order valence-corrected chi connectivity index (χ3v) is 8.89. The Labute approximate surface area is 239 Å². The van der Waals surface area contributed by atoms with Gasteiger partial charge in [0.2, 0.25) is 11.8 Å². The van der Waals surface area contributed by atoms with Crippen LogP contribution in [-0.4, -0.2) is 44.3 Å². The molecule has 1 N–H and O–H groups in total. The number of hydrogen-bond donors (Lipinski definition) is 1. The fourth-order valence-corrected chi connectivity index (χ4v) is 5.90. The number of nitrogens with zero attached hydrogens (tertiary/aromatic N) is 2. The van der Waals surface area contributed by atoms with Crippen LogP contribution in [0.3, 0.4) is 0 Å². The van der Waals surface area contributed by atoms with Crippen LogP contribution in [0.25, 0.3) is 0 Å². The Bertz CT molecular complexity index is 1430. The van der Waals surface area contributed by atoms with E-state index in [4.69, 9.17) is 0 Å². The number of amides is 2. The van der Waals surface area contributed by atoms with Gasteiger partial charge in [-0.2, -0.15) is 0 Å². The predicted octanol–water partition coefficient (Wildman–Crippen LogP) is 5.45. The Hall–Kier alpha value is -3.65. The van der Waals surface area contributed by atoms with Gasteiger partial charge in [0.05, 0.1) is 10.6 Å². The van der Waals surface area contributed by atoms with Gasteiger partial charge < -0.3 is 10.2 Å². The van der Waals surface area contributed by atoms with Crippen LogP contribution < -0.4 is 9.62 Å². The maximum atomic E-state index is 14.1. The number of carbonyl (C=O) groups is 2. The van der Waals surface area contributed by atoms with E-state index >= 15 is 0 Å². The molecular weight excluding hydrogens is 522 g/mol. The molecule has 0 radical (unpaired) electrons. The van der Waals surface area contributed by atoms with Crippen LogP contribution in [-0.2, 0) is 26.2 Å². The summed E-state index contributed by atoms with van der Waals surface area (Å²) >= 11 is 0. The van der Waals surface area contributed by atoms with Crippen molar-refractivity contribution in [2.24, 2.45) is 0 Å². The SMILES string of the molecule is CCCCNC(=O)[C@@H](C)N(Cc1ccccc1C)C(=O)CN(c1cc(C)ccc1C)S(=O)(=O)c1ccc(C)cc1. The van der Waals surface area contributed by atoms with E-state index in [2.05, 4.69) is 5.32 Å². The van der Waals surface area contributed by atoms with Gasteiger partial charge in [-0.1, -0.05) is 67.4 Å². The molecule has 1 atom stereocenters. The molecule has 0 spiro atoms. The van der Waals surface area contributed by atoms with E-state index in [0.717, 1.165) is 40.7 Å². The summed E-state index contributed by atoms with van der Waals surface area (Å²) in [5.41, 5.74) is 4.84. The van der Waals surface area contributed by atoms with E-state index in [-0.39, 0.29) is 17.3 Å². The summed E-state index contributed by atoms with van der Waals surface area (Å²) in [6, 6.07) is 19.0. The summed E-state index contributed by atoms with van der Waals surface area (Å²) in [6.45, 7) is 11.5. The third-order valence-electron chi connectivity index (χ3n) is 7.12. The van der Waals surface area contributed by atoms with Gasteiger partial charge in [0.15, 0.2) is 0 Å². The zero-order chi connectivity index (χ0) is 29.4. The summed E-state index contributed by atoms with van der Waals surface area (Å²) < 4.78 is 29.2. The lowest BCUT2D eigenvalue weighted by atomic mass is 10.1. The molecule has 0 saturated carbocycles. The number of unbranched alkanes of at least 4 members (excludes halogenated alkanes) is 1. The first kappa shape index (κ1) is 30.9. The molecule has 0 bridgehead atoms. The topological polar surface area (TPSA) is 86.8 Å². The molecule has 0 unspecified atom stereocenters. The van der Waals surface area contributed by atoms with Gasteiger partial charge in [0.25, 0.3) is 10.0 Å². The quantitative estimate of drug-likeness (QED) is 0.297. The molecule has 3 rings (SSSR count). The first-order chi connectivity index (χ1) is 18.9. The van der Waals surface area contributed by atoms with Crippen molar-refractivity contribution in [1.82, 2.24) is 10.2 Å². The second-order valence-electron chi connectivity index (χ2n) is 10.4. The zero-order valence-electron chi connectivity index (χ0n) is 24.4. The van der Waals surface area contributed by atoms with Gasteiger partial charge in [-0.15, -0.1) is 0 Å². The molecule has 3 aromatic carbocycles. The molecule has 7 nitrogen and oxygen atoms in total. The Kier molecular flexibility index (Phi) is 10.5. The van der Waals surface area contributed by atoms with Crippen LogP contribution >= 0.6 is 0 Å². The Morgan fingerprint density at radius 1 is 0.875 bits per heavy atom. The first-order valence-corrected chi connectivity index (χ1v) is 15.2. The Morgan fingerprint density at radius 3 is 2.17 bits per heavy atom. The number of carbonyl (C=O) groups excluding carboxylic acids is 2.